The Hall–Kier alpha value is -3.44. The summed E-state index contributed by atoms with van der Waals surface area (Å²) in [6.45, 7) is -0.724. The van der Waals surface area contributed by atoms with Gasteiger partial charge in [0.25, 0.3) is 15.9 Å². The molecule has 11 heteroatoms. The average Bonchev–Trinajstić information content (AvgIpc) is 3.37. The Morgan fingerprint density at radius 1 is 1.03 bits per heavy atom. The molecule has 174 valence electrons. The van der Waals surface area contributed by atoms with E-state index in [0.717, 1.165) is 15.6 Å². The molecule has 0 spiro atoms. The molecule has 0 saturated carbocycles. The normalized spacial score (nSPS) is 11.0. The number of nitrogens with zero attached hydrogens (tertiary/aromatic N) is 1. The van der Waals surface area contributed by atoms with E-state index in [4.69, 9.17) is 9.47 Å². The number of hydrogen-bond acceptors (Lipinski definition) is 7. The minimum atomic E-state index is -3.64. The fraction of sp³-hybridized carbons (Fsp3) is 0.182. The maximum Gasteiger partial charge on any atom is 0.344 e. The molecule has 0 aliphatic heterocycles. The third kappa shape index (κ3) is 6.77. The SMILES string of the molecule is CN(c1ccc(OCC(=O)OCC(=O)NCc2ccc(F)cc2)cc1)S(=O)(=O)c1cccs1. The van der Waals surface area contributed by atoms with Crippen LogP contribution in [0.15, 0.2) is 70.3 Å². The van der Waals surface area contributed by atoms with Gasteiger partial charge in [-0.3, -0.25) is 9.10 Å². The third-order valence-corrected chi connectivity index (χ3v) is 7.59. The van der Waals surface area contributed by atoms with Crippen molar-refractivity contribution < 1.29 is 31.9 Å². The quantitative estimate of drug-likeness (QED) is 0.437. The van der Waals surface area contributed by atoms with Crippen LogP contribution >= 0.6 is 11.3 Å². The smallest absolute Gasteiger partial charge is 0.344 e. The summed E-state index contributed by atoms with van der Waals surface area (Å²) in [5, 5.41) is 4.24. The number of carbonyl (C=O) groups is 2. The molecule has 2 aromatic carbocycles. The predicted molar refractivity (Wildman–Crippen MR) is 121 cm³/mol. The number of rotatable bonds is 10. The molecule has 8 nitrogen and oxygen atoms in total. The minimum Gasteiger partial charge on any atom is -0.482 e. The molecule has 0 saturated heterocycles. The molecule has 0 unspecified atom stereocenters. The first kappa shape index (κ1) is 24.2. The summed E-state index contributed by atoms with van der Waals surface area (Å²) in [5.41, 5.74) is 1.13. The lowest BCUT2D eigenvalue weighted by atomic mass is 10.2. The Morgan fingerprint density at radius 3 is 2.36 bits per heavy atom. The van der Waals surface area contributed by atoms with Crippen molar-refractivity contribution in [3.05, 3.63) is 77.4 Å². The van der Waals surface area contributed by atoms with Gasteiger partial charge in [0, 0.05) is 13.6 Å². The van der Waals surface area contributed by atoms with Crippen LogP contribution in [0.3, 0.4) is 0 Å². The molecule has 0 aliphatic rings. The molecular formula is C22H21FN2O6S2. The van der Waals surface area contributed by atoms with Crippen molar-refractivity contribution in [3.8, 4) is 5.75 Å². The lowest BCUT2D eigenvalue weighted by molar-refractivity contribution is -0.150. The lowest BCUT2D eigenvalue weighted by Crippen LogP contribution is -2.29. The highest BCUT2D eigenvalue weighted by Gasteiger charge is 2.22. The molecule has 0 bridgehead atoms. The van der Waals surface area contributed by atoms with Crippen molar-refractivity contribution in [3.63, 3.8) is 0 Å². The number of ether oxygens (including phenoxy) is 2. The minimum absolute atomic E-state index is 0.177. The van der Waals surface area contributed by atoms with Crippen molar-refractivity contribution in [1.29, 1.82) is 0 Å². The van der Waals surface area contributed by atoms with Gasteiger partial charge < -0.3 is 14.8 Å². The molecule has 3 rings (SSSR count). The number of thiophene rings is 1. The number of nitrogens with one attached hydrogen (secondary N) is 1. The molecule has 1 N–H and O–H groups in total. The molecule has 1 heterocycles. The van der Waals surface area contributed by atoms with Crippen LogP contribution in [0.4, 0.5) is 10.1 Å². The summed E-state index contributed by atoms with van der Waals surface area (Å²) in [6, 6.07) is 15.0. The van der Waals surface area contributed by atoms with Gasteiger partial charge >= 0.3 is 5.97 Å². The highest BCUT2D eigenvalue weighted by Crippen LogP contribution is 2.26. The maximum atomic E-state index is 12.9. The first-order chi connectivity index (χ1) is 15.8. The number of hydrogen-bond donors (Lipinski definition) is 1. The largest absolute Gasteiger partial charge is 0.482 e. The molecule has 0 atom stereocenters. The van der Waals surface area contributed by atoms with Gasteiger partial charge in [0.2, 0.25) is 0 Å². The number of esters is 1. The summed E-state index contributed by atoms with van der Waals surface area (Å²) in [5.74, 6) is -1.29. The van der Waals surface area contributed by atoms with Crippen molar-refractivity contribution in [2.45, 2.75) is 10.8 Å². The number of anilines is 1. The van der Waals surface area contributed by atoms with E-state index in [1.165, 1.54) is 49.5 Å². The van der Waals surface area contributed by atoms with Crippen LogP contribution in [0.1, 0.15) is 5.56 Å². The van der Waals surface area contributed by atoms with Crippen LogP contribution < -0.4 is 14.4 Å². The number of benzene rings is 2. The Morgan fingerprint density at radius 2 is 1.73 bits per heavy atom. The van der Waals surface area contributed by atoms with Crippen molar-refractivity contribution >= 4 is 38.9 Å². The second-order valence-electron chi connectivity index (χ2n) is 6.75. The van der Waals surface area contributed by atoms with Crippen LogP contribution in [0.25, 0.3) is 0 Å². The van der Waals surface area contributed by atoms with Crippen LogP contribution in [-0.2, 0) is 30.9 Å². The summed E-state index contributed by atoms with van der Waals surface area (Å²) in [6.07, 6.45) is 0. The van der Waals surface area contributed by atoms with E-state index in [1.807, 2.05) is 0 Å². The molecule has 0 fully saturated rings. The molecule has 33 heavy (non-hydrogen) atoms. The lowest BCUT2D eigenvalue weighted by Gasteiger charge is -2.18. The topological polar surface area (TPSA) is 102 Å². The van der Waals surface area contributed by atoms with Crippen molar-refractivity contribution in [2.75, 3.05) is 24.6 Å². The van der Waals surface area contributed by atoms with Gasteiger partial charge in [0.15, 0.2) is 13.2 Å². The fourth-order valence-corrected chi connectivity index (χ4v) is 4.98. The zero-order valence-electron chi connectivity index (χ0n) is 17.6. The maximum absolute atomic E-state index is 12.9. The zero-order chi connectivity index (χ0) is 23.8. The zero-order valence-corrected chi connectivity index (χ0v) is 19.2. The Labute approximate surface area is 194 Å². The van der Waals surface area contributed by atoms with E-state index in [-0.39, 0.29) is 16.6 Å². The summed E-state index contributed by atoms with van der Waals surface area (Å²) >= 11 is 1.13. The van der Waals surface area contributed by atoms with Gasteiger partial charge in [-0.15, -0.1) is 11.3 Å². The van der Waals surface area contributed by atoms with Crippen molar-refractivity contribution in [2.24, 2.45) is 0 Å². The molecular weight excluding hydrogens is 471 g/mol. The Bertz CT molecular complexity index is 1180. The van der Waals surface area contributed by atoms with Crippen LogP contribution in [0.5, 0.6) is 5.75 Å². The van der Waals surface area contributed by atoms with Gasteiger partial charge in [-0.2, -0.15) is 0 Å². The highest BCUT2D eigenvalue weighted by molar-refractivity contribution is 7.94. The number of carbonyl (C=O) groups excluding carboxylic acids is 2. The van der Waals surface area contributed by atoms with Gasteiger partial charge in [0.1, 0.15) is 15.8 Å². The fourth-order valence-electron chi connectivity index (χ4n) is 2.62. The first-order valence-electron chi connectivity index (χ1n) is 9.68. The monoisotopic (exact) mass is 492 g/mol. The number of amides is 1. The summed E-state index contributed by atoms with van der Waals surface area (Å²) in [4.78, 5) is 23.6. The molecule has 1 aromatic heterocycles. The molecule has 0 radical (unpaired) electrons. The van der Waals surface area contributed by atoms with Crippen molar-refractivity contribution in [1.82, 2.24) is 5.32 Å². The van der Waals surface area contributed by atoms with E-state index < -0.39 is 35.1 Å². The average molecular weight is 493 g/mol. The third-order valence-electron chi connectivity index (χ3n) is 4.43. The molecule has 0 aliphatic carbocycles. The van der Waals surface area contributed by atoms with Crippen LogP contribution in [-0.4, -0.2) is 40.6 Å². The summed E-state index contributed by atoms with van der Waals surface area (Å²) < 4.78 is 49.5. The first-order valence-corrected chi connectivity index (χ1v) is 12.0. The van der Waals surface area contributed by atoms with Crippen LogP contribution in [0.2, 0.25) is 0 Å². The highest BCUT2D eigenvalue weighted by atomic mass is 32.2. The summed E-state index contributed by atoms with van der Waals surface area (Å²) in [7, 11) is -2.20. The van der Waals surface area contributed by atoms with Gasteiger partial charge in [0.05, 0.1) is 5.69 Å². The second-order valence-corrected chi connectivity index (χ2v) is 9.89. The number of sulfonamides is 1. The van der Waals surface area contributed by atoms with E-state index in [1.54, 1.807) is 23.6 Å². The predicted octanol–water partition coefficient (Wildman–Crippen LogP) is 2.95. The number of halogens is 1. The van der Waals surface area contributed by atoms with E-state index >= 15 is 0 Å². The second kappa shape index (κ2) is 10.9. The Balaban J connectivity index is 1.42. The standard InChI is InChI=1S/C22H21FN2O6S2/c1-25(33(28,29)22-3-2-12-32-22)18-8-10-19(11-9-18)30-15-21(27)31-14-20(26)24-13-16-4-6-17(23)7-5-16/h2-12H,13-15H2,1H3,(H,24,26). The van der Waals surface area contributed by atoms with E-state index in [0.29, 0.717) is 17.0 Å². The van der Waals surface area contributed by atoms with Crippen LogP contribution in [0, 0.1) is 5.82 Å². The van der Waals surface area contributed by atoms with Gasteiger partial charge in [-0.05, 0) is 53.4 Å². The van der Waals surface area contributed by atoms with E-state index in [2.05, 4.69) is 5.32 Å². The van der Waals surface area contributed by atoms with Gasteiger partial charge in [-0.25, -0.2) is 17.6 Å². The van der Waals surface area contributed by atoms with E-state index in [9.17, 15) is 22.4 Å². The molecule has 1 amide bonds. The molecule has 3 aromatic rings. The van der Waals surface area contributed by atoms with Gasteiger partial charge in [-0.1, -0.05) is 18.2 Å². The Kier molecular flexibility index (Phi) is 8.01.